The minimum Gasteiger partial charge on any atom is -0.497 e. The van der Waals surface area contributed by atoms with Crippen molar-refractivity contribution >= 4 is 34.2 Å². The molecule has 22 heavy (non-hydrogen) atoms. The van der Waals surface area contributed by atoms with Crippen molar-refractivity contribution < 1.29 is 9.47 Å². The van der Waals surface area contributed by atoms with Gasteiger partial charge < -0.3 is 15.2 Å². The molecule has 0 fully saturated rings. The molecular formula is C16H17ClN2O2S. The van der Waals surface area contributed by atoms with Crippen LogP contribution in [0.15, 0.2) is 53.5 Å². The van der Waals surface area contributed by atoms with Crippen LogP contribution in [0.4, 0.5) is 5.69 Å². The number of thioether (sulfide) groups is 1. The van der Waals surface area contributed by atoms with E-state index in [1.807, 2.05) is 36.4 Å². The van der Waals surface area contributed by atoms with E-state index in [0.29, 0.717) is 22.6 Å². The lowest BCUT2D eigenvalue weighted by Crippen LogP contribution is -2.10. The van der Waals surface area contributed by atoms with Crippen LogP contribution in [-0.2, 0) is 0 Å². The monoisotopic (exact) mass is 336 g/mol. The quantitative estimate of drug-likeness (QED) is 0.490. The van der Waals surface area contributed by atoms with E-state index in [-0.39, 0.29) is 0 Å². The summed E-state index contributed by atoms with van der Waals surface area (Å²) in [5, 5.41) is 1.20. The van der Waals surface area contributed by atoms with Gasteiger partial charge in [0, 0.05) is 10.8 Å². The molecule has 0 aliphatic heterocycles. The Kier molecular flexibility index (Phi) is 6.43. The number of hydrogen-bond donors (Lipinski definition) is 1. The van der Waals surface area contributed by atoms with E-state index in [1.54, 1.807) is 19.2 Å². The van der Waals surface area contributed by atoms with Crippen LogP contribution in [0.5, 0.6) is 11.5 Å². The molecule has 6 heteroatoms. The number of aliphatic imine (C=N–C) groups is 1. The summed E-state index contributed by atoms with van der Waals surface area (Å²) in [6, 6.07) is 14.7. The standard InChI is InChI=1S/C16H17ClN2O2S/c1-20-14-8-4-13(5-9-14)19-16(18)22-11-10-21-15-6-2-12(17)3-7-15/h2-9H,10-11H2,1H3,(H2,18,19). The van der Waals surface area contributed by atoms with E-state index in [4.69, 9.17) is 26.8 Å². The summed E-state index contributed by atoms with van der Waals surface area (Å²) >= 11 is 7.26. The highest BCUT2D eigenvalue weighted by molar-refractivity contribution is 8.13. The molecule has 4 nitrogen and oxygen atoms in total. The molecule has 0 atom stereocenters. The molecule has 2 aromatic rings. The second-order valence-corrected chi connectivity index (χ2v) is 5.85. The number of amidine groups is 1. The first-order chi connectivity index (χ1) is 10.7. The van der Waals surface area contributed by atoms with E-state index in [9.17, 15) is 0 Å². The van der Waals surface area contributed by atoms with Crippen LogP contribution in [0.3, 0.4) is 0 Å². The molecule has 2 rings (SSSR count). The van der Waals surface area contributed by atoms with Gasteiger partial charge in [-0.05, 0) is 48.5 Å². The second kappa shape index (κ2) is 8.56. The SMILES string of the molecule is COc1ccc(N=C(N)SCCOc2ccc(Cl)cc2)cc1. The van der Waals surface area contributed by atoms with Crippen LogP contribution >= 0.6 is 23.4 Å². The maximum atomic E-state index is 5.88. The minimum atomic E-state index is 0.505. The van der Waals surface area contributed by atoms with Gasteiger partial charge in [-0.25, -0.2) is 4.99 Å². The van der Waals surface area contributed by atoms with Gasteiger partial charge in [-0.1, -0.05) is 23.4 Å². The number of ether oxygens (including phenoxy) is 2. The number of methoxy groups -OCH3 is 1. The molecule has 0 bridgehead atoms. The number of hydrogen-bond acceptors (Lipinski definition) is 4. The molecule has 0 aliphatic carbocycles. The highest BCUT2D eigenvalue weighted by Crippen LogP contribution is 2.19. The van der Waals surface area contributed by atoms with E-state index in [0.717, 1.165) is 17.2 Å². The maximum absolute atomic E-state index is 5.88. The van der Waals surface area contributed by atoms with E-state index < -0.39 is 0 Å². The third kappa shape index (κ3) is 5.50. The third-order valence-electron chi connectivity index (χ3n) is 2.73. The summed E-state index contributed by atoms with van der Waals surface area (Å²) in [6.07, 6.45) is 0. The van der Waals surface area contributed by atoms with Crippen LogP contribution in [0.2, 0.25) is 5.02 Å². The molecule has 0 saturated heterocycles. The third-order valence-corrected chi connectivity index (χ3v) is 3.74. The van der Waals surface area contributed by atoms with Crippen molar-refractivity contribution in [3.05, 3.63) is 53.6 Å². The summed E-state index contributed by atoms with van der Waals surface area (Å²) in [6.45, 7) is 0.547. The predicted octanol–water partition coefficient (Wildman–Crippen LogP) is 4.11. The number of halogens is 1. The lowest BCUT2D eigenvalue weighted by molar-refractivity contribution is 0.344. The van der Waals surface area contributed by atoms with E-state index in [1.165, 1.54) is 11.8 Å². The number of rotatable bonds is 6. The van der Waals surface area contributed by atoms with Crippen LogP contribution < -0.4 is 15.2 Å². The molecule has 0 spiro atoms. The van der Waals surface area contributed by atoms with Crippen molar-refractivity contribution in [1.82, 2.24) is 0 Å². The normalized spacial score (nSPS) is 11.3. The van der Waals surface area contributed by atoms with Crippen LogP contribution in [0.1, 0.15) is 0 Å². The molecule has 2 N–H and O–H groups in total. The molecule has 0 heterocycles. The predicted molar refractivity (Wildman–Crippen MR) is 93.7 cm³/mol. The Hall–Kier alpha value is -1.85. The fraction of sp³-hybridized carbons (Fsp3) is 0.188. The van der Waals surface area contributed by atoms with Crippen molar-refractivity contribution in [2.45, 2.75) is 0 Å². The number of benzene rings is 2. The van der Waals surface area contributed by atoms with Gasteiger partial charge in [-0.2, -0.15) is 0 Å². The van der Waals surface area contributed by atoms with Gasteiger partial charge in [0.15, 0.2) is 5.17 Å². The largest absolute Gasteiger partial charge is 0.497 e. The van der Waals surface area contributed by atoms with E-state index >= 15 is 0 Å². The van der Waals surface area contributed by atoms with Gasteiger partial charge in [0.25, 0.3) is 0 Å². The maximum Gasteiger partial charge on any atom is 0.159 e. The smallest absolute Gasteiger partial charge is 0.159 e. The molecule has 0 radical (unpaired) electrons. The first-order valence-corrected chi connectivity index (χ1v) is 8.03. The average molecular weight is 337 g/mol. The van der Waals surface area contributed by atoms with E-state index in [2.05, 4.69) is 4.99 Å². The number of nitrogens with zero attached hydrogens (tertiary/aromatic N) is 1. The molecule has 0 unspecified atom stereocenters. The Morgan fingerprint density at radius 2 is 1.73 bits per heavy atom. The lowest BCUT2D eigenvalue weighted by Gasteiger charge is -2.06. The summed E-state index contributed by atoms with van der Waals surface area (Å²) in [7, 11) is 1.63. The molecule has 0 saturated carbocycles. The Bertz CT molecular complexity index is 615. The zero-order valence-corrected chi connectivity index (χ0v) is 13.7. The van der Waals surface area contributed by atoms with Crippen molar-refractivity contribution in [3.63, 3.8) is 0 Å². The average Bonchev–Trinajstić information content (AvgIpc) is 2.54. The fourth-order valence-electron chi connectivity index (χ4n) is 1.65. The summed E-state index contributed by atoms with van der Waals surface area (Å²) in [5.41, 5.74) is 6.68. The van der Waals surface area contributed by atoms with Crippen LogP contribution in [-0.4, -0.2) is 24.6 Å². The minimum absolute atomic E-state index is 0.505. The van der Waals surface area contributed by atoms with Gasteiger partial charge in [0.05, 0.1) is 19.4 Å². The Morgan fingerprint density at radius 3 is 2.36 bits per heavy atom. The highest BCUT2D eigenvalue weighted by atomic mass is 35.5. The Morgan fingerprint density at radius 1 is 1.09 bits per heavy atom. The van der Waals surface area contributed by atoms with Crippen molar-refractivity contribution in [2.24, 2.45) is 10.7 Å². The first-order valence-electron chi connectivity index (χ1n) is 6.67. The fourth-order valence-corrected chi connectivity index (χ4v) is 2.32. The zero-order chi connectivity index (χ0) is 15.8. The van der Waals surface area contributed by atoms with Crippen molar-refractivity contribution in [2.75, 3.05) is 19.5 Å². The Balaban J connectivity index is 1.75. The van der Waals surface area contributed by atoms with Crippen LogP contribution in [0, 0.1) is 0 Å². The summed E-state index contributed by atoms with van der Waals surface area (Å²) in [4.78, 5) is 4.32. The zero-order valence-electron chi connectivity index (χ0n) is 12.2. The summed E-state index contributed by atoms with van der Waals surface area (Å²) in [5.74, 6) is 2.30. The molecule has 0 aliphatic rings. The first kappa shape index (κ1) is 16.5. The second-order valence-electron chi connectivity index (χ2n) is 4.30. The molecule has 0 amide bonds. The van der Waals surface area contributed by atoms with Crippen molar-refractivity contribution in [3.8, 4) is 11.5 Å². The van der Waals surface area contributed by atoms with Gasteiger partial charge in [-0.15, -0.1) is 0 Å². The lowest BCUT2D eigenvalue weighted by atomic mass is 10.3. The van der Waals surface area contributed by atoms with Gasteiger partial charge in [0.2, 0.25) is 0 Å². The molecule has 2 aromatic carbocycles. The van der Waals surface area contributed by atoms with Crippen molar-refractivity contribution in [1.29, 1.82) is 0 Å². The number of nitrogens with two attached hydrogens (primary N) is 1. The van der Waals surface area contributed by atoms with Gasteiger partial charge in [-0.3, -0.25) is 0 Å². The van der Waals surface area contributed by atoms with Gasteiger partial charge >= 0.3 is 0 Å². The topological polar surface area (TPSA) is 56.8 Å². The molecule has 0 aromatic heterocycles. The molecular weight excluding hydrogens is 320 g/mol. The Labute approximate surface area is 139 Å². The summed E-state index contributed by atoms with van der Waals surface area (Å²) < 4.78 is 10.7. The van der Waals surface area contributed by atoms with Gasteiger partial charge in [0.1, 0.15) is 11.5 Å². The van der Waals surface area contributed by atoms with Crippen LogP contribution in [0.25, 0.3) is 0 Å². The highest BCUT2D eigenvalue weighted by Gasteiger charge is 1.98. The molecule has 116 valence electrons.